The van der Waals surface area contributed by atoms with Crippen LogP contribution in [0.2, 0.25) is 0 Å². The van der Waals surface area contributed by atoms with Crippen molar-refractivity contribution in [2.75, 3.05) is 0 Å². The molecule has 1 radical (unpaired) electrons. The summed E-state index contributed by atoms with van der Waals surface area (Å²) in [5.74, 6) is -0.405. The van der Waals surface area contributed by atoms with Gasteiger partial charge in [-0.2, -0.15) is 0 Å². The molecule has 2 nitrogen and oxygen atoms in total. The van der Waals surface area contributed by atoms with Crippen LogP contribution in [0.4, 0.5) is 0 Å². The van der Waals surface area contributed by atoms with Crippen molar-refractivity contribution in [1.29, 1.82) is 0 Å². The van der Waals surface area contributed by atoms with E-state index in [0.717, 1.165) is 0 Å². The van der Waals surface area contributed by atoms with Crippen LogP contribution in [-0.2, 0) is 4.79 Å². The number of primary amides is 1. The van der Waals surface area contributed by atoms with E-state index in [0.29, 0.717) is 0 Å². The fourth-order valence-corrected chi connectivity index (χ4v) is 0.191. The van der Waals surface area contributed by atoms with Crippen LogP contribution in [0.25, 0.3) is 0 Å². The summed E-state index contributed by atoms with van der Waals surface area (Å²) >= 11 is 0. The Balaban J connectivity index is 3.26. The second-order valence-corrected chi connectivity index (χ2v) is 1.09. The van der Waals surface area contributed by atoms with Gasteiger partial charge < -0.3 is 5.73 Å². The second-order valence-electron chi connectivity index (χ2n) is 1.09. The van der Waals surface area contributed by atoms with Crippen molar-refractivity contribution in [2.45, 2.75) is 6.92 Å². The molecule has 0 aromatic rings. The van der Waals surface area contributed by atoms with Crippen molar-refractivity contribution in [2.24, 2.45) is 5.73 Å². The van der Waals surface area contributed by atoms with Crippen molar-refractivity contribution in [3.05, 3.63) is 18.6 Å². The van der Waals surface area contributed by atoms with Crippen LogP contribution in [0.3, 0.4) is 0 Å². The molecule has 0 fully saturated rings. The summed E-state index contributed by atoms with van der Waals surface area (Å²) in [6, 6.07) is 0. The van der Waals surface area contributed by atoms with Gasteiger partial charge in [-0.15, -0.1) is 0 Å². The van der Waals surface area contributed by atoms with E-state index in [9.17, 15) is 4.79 Å². The molecule has 39 valence electrons. The molecular weight excluding hydrogens is 90.1 g/mol. The highest BCUT2D eigenvalue weighted by atomic mass is 16.1. The summed E-state index contributed by atoms with van der Waals surface area (Å²) in [7, 11) is 0. The zero-order valence-electron chi connectivity index (χ0n) is 4.22. The third kappa shape index (κ3) is 5.21. The number of hydrogen-bond acceptors (Lipinski definition) is 1. The number of amides is 1. The van der Waals surface area contributed by atoms with E-state index in [-0.39, 0.29) is 0 Å². The van der Waals surface area contributed by atoms with Gasteiger partial charge >= 0.3 is 0 Å². The van der Waals surface area contributed by atoms with Crippen molar-refractivity contribution in [3.63, 3.8) is 0 Å². The number of nitrogens with two attached hydrogens (primary N) is 1. The Kier molecular flexibility index (Phi) is 3.02. The Bertz CT molecular complexity index is 86.1. The third-order valence-corrected chi connectivity index (χ3v) is 0.453. The van der Waals surface area contributed by atoms with Gasteiger partial charge in [0.25, 0.3) is 0 Å². The van der Waals surface area contributed by atoms with Crippen LogP contribution < -0.4 is 5.73 Å². The quantitative estimate of drug-likeness (QED) is 0.494. The van der Waals surface area contributed by atoms with Crippen molar-refractivity contribution < 1.29 is 4.79 Å². The molecule has 0 aromatic heterocycles. The molecule has 1 amide bonds. The number of carbonyl (C=O) groups excluding carboxylic acids is 1. The minimum Gasteiger partial charge on any atom is -0.366 e. The molecule has 0 aliphatic heterocycles. The molecule has 0 rings (SSSR count). The highest BCUT2D eigenvalue weighted by molar-refractivity contribution is 5.85. The first-order valence-corrected chi connectivity index (χ1v) is 2.03. The molecule has 2 heteroatoms. The van der Waals surface area contributed by atoms with Gasteiger partial charge in [-0.25, -0.2) is 0 Å². The number of allylic oxidation sites excluding steroid dienone is 1. The summed E-state index contributed by atoms with van der Waals surface area (Å²) in [6.07, 6.45) is 4.65. The van der Waals surface area contributed by atoms with Crippen LogP contribution >= 0.6 is 0 Å². The van der Waals surface area contributed by atoms with Gasteiger partial charge in [0.2, 0.25) is 5.91 Å². The Morgan fingerprint density at radius 3 is 2.43 bits per heavy atom. The first-order chi connectivity index (χ1) is 3.27. The Hall–Kier alpha value is -0.790. The molecule has 0 unspecified atom stereocenters. The smallest absolute Gasteiger partial charge is 0.241 e. The molecule has 0 atom stereocenters. The summed E-state index contributed by atoms with van der Waals surface area (Å²) in [5, 5.41) is 0. The molecule has 7 heavy (non-hydrogen) atoms. The Morgan fingerprint density at radius 1 is 1.71 bits per heavy atom. The van der Waals surface area contributed by atoms with Crippen molar-refractivity contribution in [1.82, 2.24) is 0 Å². The lowest BCUT2D eigenvalue weighted by Gasteiger charge is -1.74. The normalized spacial score (nSPS) is 9.86. The fourth-order valence-electron chi connectivity index (χ4n) is 0.191. The van der Waals surface area contributed by atoms with Crippen LogP contribution in [-0.4, -0.2) is 5.91 Å². The monoisotopic (exact) mass is 98.1 g/mol. The van der Waals surface area contributed by atoms with Crippen molar-refractivity contribution in [3.8, 4) is 0 Å². The summed E-state index contributed by atoms with van der Waals surface area (Å²) in [5.41, 5.74) is 4.73. The van der Waals surface area contributed by atoms with Crippen LogP contribution in [0.5, 0.6) is 0 Å². The highest BCUT2D eigenvalue weighted by Crippen LogP contribution is 1.73. The van der Waals surface area contributed by atoms with Crippen LogP contribution in [0.1, 0.15) is 6.92 Å². The van der Waals surface area contributed by atoms with E-state index in [1.54, 1.807) is 12.5 Å². The second kappa shape index (κ2) is 3.40. The van der Waals surface area contributed by atoms with Gasteiger partial charge in [0.05, 0.1) is 0 Å². The Morgan fingerprint density at radius 2 is 2.29 bits per heavy atom. The van der Waals surface area contributed by atoms with Gasteiger partial charge in [0.15, 0.2) is 0 Å². The lowest BCUT2D eigenvalue weighted by atomic mass is 10.4. The van der Waals surface area contributed by atoms with E-state index in [4.69, 9.17) is 5.73 Å². The maximum atomic E-state index is 9.87. The van der Waals surface area contributed by atoms with Gasteiger partial charge in [-0.1, -0.05) is 13.0 Å². The molecular formula is C5H8NO. The first kappa shape index (κ1) is 6.21. The van der Waals surface area contributed by atoms with E-state index in [2.05, 4.69) is 0 Å². The predicted octanol–water partition coefficient (Wildman–Crippen LogP) is 0.252. The third-order valence-electron chi connectivity index (χ3n) is 0.453. The summed E-state index contributed by atoms with van der Waals surface area (Å²) < 4.78 is 0. The minimum absolute atomic E-state index is 0.405. The maximum Gasteiger partial charge on any atom is 0.241 e. The average molecular weight is 98.1 g/mol. The Labute approximate surface area is 43.0 Å². The van der Waals surface area contributed by atoms with E-state index < -0.39 is 5.91 Å². The molecule has 0 saturated heterocycles. The lowest BCUT2D eigenvalue weighted by molar-refractivity contribution is -0.113. The zero-order chi connectivity index (χ0) is 5.70. The molecule has 0 aliphatic carbocycles. The zero-order valence-corrected chi connectivity index (χ0v) is 4.22. The highest BCUT2D eigenvalue weighted by Gasteiger charge is 1.76. The summed E-state index contributed by atoms with van der Waals surface area (Å²) in [4.78, 5) is 9.87. The fraction of sp³-hybridized carbons (Fsp3) is 0.200. The van der Waals surface area contributed by atoms with Gasteiger partial charge in [0.1, 0.15) is 0 Å². The van der Waals surface area contributed by atoms with Gasteiger partial charge in [-0.05, 0) is 12.5 Å². The largest absolute Gasteiger partial charge is 0.366 e. The number of carbonyl (C=O) groups is 1. The molecule has 0 aromatic carbocycles. The van der Waals surface area contributed by atoms with Crippen molar-refractivity contribution >= 4 is 5.91 Å². The summed E-state index contributed by atoms with van der Waals surface area (Å²) in [6.45, 7) is 1.82. The van der Waals surface area contributed by atoms with Crippen LogP contribution in [0.15, 0.2) is 12.2 Å². The average Bonchev–Trinajstić information content (AvgIpc) is 1.61. The number of rotatable bonds is 2. The minimum atomic E-state index is -0.405. The molecule has 0 spiro atoms. The molecule has 0 saturated carbocycles. The van der Waals surface area contributed by atoms with Gasteiger partial charge in [0, 0.05) is 0 Å². The standard InChI is InChI=1S/C5H8NO/c1-2-3-4-5(6)7/h2-4H,1H3,(H2,6,7). The van der Waals surface area contributed by atoms with E-state index in [1.165, 1.54) is 6.08 Å². The number of hydrogen-bond donors (Lipinski definition) is 1. The first-order valence-electron chi connectivity index (χ1n) is 2.03. The molecule has 0 bridgehead atoms. The van der Waals surface area contributed by atoms with Gasteiger partial charge in [-0.3, -0.25) is 4.79 Å². The topological polar surface area (TPSA) is 43.1 Å². The maximum absolute atomic E-state index is 9.87. The predicted molar refractivity (Wildman–Crippen MR) is 28.3 cm³/mol. The SMILES string of the molecule is C[CH]C=CC(N)=O. The van der Waals surface area contributed by atoms with E-state index >= 15 is 0 Å². The lowest BCUT2D eigenvalue weighted by Crippen LogP contribution is -2.04. The van der Waals surface area contributed by atoms with Crippen LogP contribution in [0, 0.1) is 6.42 Å². The molecule has 0 heterocycles. The van der Waals surface area contributed by atoms with E-state index in [1.807, 2.05) is 6.92 Å². The molecule has 2 N–H and O–H groups in total. The molecule has 0 aliphatic rings.